The molecule has 0 aliphatic carbocycles. The highest BCUT2D eigenvalue weighted by Gasteiger charge is 2.32. The van der Waals surface area contributed by atoms with Gasteiger partial charge in [0.2, 0.25) is 0 Å². The molecule has 0 saturated carbocycles. The maximum atomic E-state index is 11.5. The molecule has 1 aliphatic heterocycles. The minimum atomic E-state index is -0.343. The highest BCUT2D eigenvalue weighted by Crippen LogP contribution is 2.14. The highest BCUT2D eigenvalue weighted by atomic mass is 32.1. The number of hydrogen-bond acceptors (Lipinski definition) is 3. The summed E-state index contributed by atoms with van der Waals surface area (Å²) in [6, 6.07) is 7.54. The molecule has 2 rings (SSSR count). The van der Waals surface area contributed by atoms with Crippen molar-refractivity contribution in [1.82, 2.24) is 5.32 Å². The number of benzene rings is 1. The first-order chi connectivity index (χ1) is 8.54. The number of carbonyl (C=O) groups is 1. The summed E-state index contributed by atoms with van der Waals surface area (Å²) in [6.07, 6.45) is 0.603. The van der Waals surface area contributed by atoms with Crippen LogP contribution in [-0.2, 0) is 9.53 Å². The van der Waals surface area contributed by atoms with Crippen LogP contribution in [0.25, 0.3) is 0 Å². The summed E-state index contributed by atoms with van der Waals surface area (Å²) in [4.78, 5) is 11.5. The molecule has 0 spiro atoms. The van der Waals surface area contributed by atoms with Gasteiger partial charge in [-0.05, 0) is 43.8 Å². The number of thiocarbonyl (C=S) groups is 1. The molecular weight excluding hydrogens is 248 g/mol. The van der Waals surface area contributed by atoms with Gasteiger partial charge in [-0.25, -0.2) is 4.79 Å². The number of nitrogens with one attached hydrogen (secondary N) is 2. The maximum Gasteiger partial charge on any atom is 0.329 e. The zero-order valence-electron chi connectivity index (χ0n) is 10.4. The Balaban J connectivity index is 1.91. The van der Waals surface area contributed by atoms with Crippen LogP contribution in [0.15, 0.2) is 24.3 Å². The first-order valence-corrected chi connectivity index (χ1v) is 6.30. The largest absolute Gasteiger partial charge is 0.461 e. The van der Waals surface area contributed by atoms with Gasteiger partial charge in [0.1, 0.15) is 12.1 Å². The fraction of sp³-hybridized carbons (Fsp3) is 0.385. The zero-order valence-corrected chi connectivity index (χ0v) is 11.2. The summed E-state index contributed by atoms with van der Waals surface area (Å²) in [5.74, 6) is -0.240. The topological polar surface area (TPSA) is 50.4 Å². The number of hydrogen-bond donors (Lipinski definition) is 2. The van der Waals surface area contributed by atoms with Gasteiger partial charge < -0.3 is 15.4 Å². The smallest absolute Gasteiger partial charge is 0.329 e. The molecule has 1 aromatic rings. The summed E-state index contributed by atoms with van der Waals surface area (Å²) in [5.41, 5.74) is 2.06. The lowest BCUT2D eigenvalue weighted by atomic mass is 10.2. The van der Waals surface area contributed by atoms with Gasteiger partial charge >= 0.3 is 5.97 Å². The second-order valence-electron chi connectivity index (χ2n) is 4.50. The number of anilines is 1. The first kappa shape index (κ1) is 12.8. The lowest BCUT2D eigenvalue weighted by molar-refractivity contribution is -0.142. The lowest BCUT2D eigenvalue weighted by Crippen LogP contribution is -2.40. The number of aryl methyl sites for hydroxylation is 1. The second-order valence-corrected chi connectivity index (χ2v) is 4.91. The highest BCUT2D eigenvalue weighted by molar-refractivity contribution is 7.80. The fourth-order valence-corrected chi connectivity index (χ4v) is 2.18. The predicted octanol–water partition coefficient (Wildman–Crippen LogP) is 1.99. The minimum Gasteiger partial charge on any atom is -0.461 e. The summed E-state index contributed by atoms with van der Waals surface area (Å²) in [5, 5.41) is 6.47. The van der Waals surface area contributed by atoms with Gasteiger partial charge in [-0.3, -0.25) is 0 Å². The Morgan fingerprint density at radius 1 is 1.50 bits per heavy atom. The van der Waals surface area contributed by atoms with Crippen molar-refractivity contribution in [2.75, 3.05) is 5.32 Å². The SMILES string of the molecule is Cc1cccc(NC(=S)N[C@@H]2C[C@H](C)OC2=O)c1. The molecule has 4 nitrogen and oxygen atoms in total. The van der Waals surface area contributed by atoms with Crippen molar-refractivity contribution < 1.29 is 9.53 Å². The normalized spacial score (nSPS) is 22.4. The number of cyclic esters (lactones) is 1. The van der Waals surface area contributed by atoms with E-state index in [0.29, 0.717) is 11.5 Å². The standard InChI is InChI=1S/C13H16N2O2S/c1-8-4-3-5-10(6-8)14-13(18)15-11-7-9(2)17-12(11)16/h3-6,9,11H,7H2,1-2H3,(H2,14,15,18)/t9-,11+/m0/s1. The summed E-state index contributed by atoms with van der Waals surface area (Å²) < 4.78 is 5.06. The third-order valence-electron chi connectivity index (χ3n) is 2.75. The van der Waals surface area contributed by atoms with Crippen LogP contribution in [0.3, 0.4) is 0 Å². The molecule has 96 valence electrons. The average Bonchev–Trinajstić information content (AvgIpc) is 2.57. The molecule has 1 heterocycles. The van der Waals surface area contributed by atoms with E-state index in [1.807, 2.05) is 38.1 Å². The molecule has 0 aromatic heterocycles. The van der Waals surface area contributed by atoms with Gasteiger partial charge in [0.25, 0.3) is 0 Å². The van der Waals surface area contributed by atoms with Gasteiger partial charge in [-0.2, -0.15) is 0 Å². The molecule has 0 amide bonds. The van der Waals surface area contributed by atoms with Crippen molar-refractivity contribution in [3.8, 4) is 0 Å². The van der Waals surface area contributed by atoms with E-state index in [0.717, 1.165) is 11.3 Å². The van der Waals surface area contributed by atoms with Crippen LogP contribution >= 0.6 is 12.2 Å². The van der Waals surface area contributed by atoms with Crippen LogP contribution in [0.2, 0.25) is 0 Å². The van der Waals surface area contributed by atoms with E-state index >= 15 is 0 Å². The van der Waals surface area contributed by atoms with E-state index in [1.165, 1.54) is 0 Å². The lowest BCUT2D eigenvalue weighted by Gasteiger charge is -2.13. The van der Waals surface area contributed by atoms with Crippen molar-refractivity contribution in [1.29, 1.82) is 0 Å². The molecule has 18 heavy (non-hydrogen) atoms. The number of carbonyl (C=O) groups excluding carboxylic acids is 1. The molecule has 1 aromatic carbocycles. The van der Waals surface area contributed by atoms with Gasteiger partial charge in [0.05, 0.1) is 0 Å². The molecule has 1 fully saturated rings. The summed E-state index contributed by atoms with van der Waals surface area (Å²) in [6.45, 7) is 3.88. The third-order valence-corrected chi connectivity index (χ3v) is 2.97. The molecule has 0 bridgehead atoms. The van der Waals surface area contributed by atoms with E-state index in [1.54, 1.807) is 0 Å². The predicted molar refractivity (Wildman–Crippen MR) is 74.5 cm³/mol. The van der Waals surface area contributed by atoms with E-state index in [4.69, 9.17) is 17.0 Å². The minimum absolute atomic E-state index is 0.0447. The Kier molecular flexibility index (Phi) is 3.81. The van der Waals surface area contributed by atoms with E-state index in [2.05, 4.69) is 10.6 Å². The Morgan fingerprint density at radius 2 is 2.28 bits per heavy atom. The fourth-order valence-electron chi connectivity index (χ4n) is 1.92. The Bertz CT molecular complexity index is 476. The van der Waals surface area contributed by atoms with Crippen LogP contribution < -0.4 is 10.6 Å². The van der Waals surface area contributed by atoms with Crippen LogP contribution in [-0.4, -0.2) is 23.2 Å². The quantitative estimate of drug-likeness (QED) is 0.632. The van der Waals surface area contributed by atoms with Gasteiger partial charge in [0, 0.05) is 12.1 Å². The third kappa shape index (κ3) is 3.20. The van der Waals surface area contributed by atoms with Gasteiger partial charge in [0.15, 0.2) is 5.11 Å². The van der Waals surface area contributed by atoms with Crippen LogP contribution in [0.4, 0.5) is 5.69 Å². The molecule has 2 N–H and O–H groups in total. The number of rotatable bonds is 2. The van der Waals surface area contributed by atoms with Crippen LogP contribution in [0.1, 0.15) is 18.9 Å². The van der Waals surface area contributed by atoms with E-state index < -0.39 is 0 Å². The Morgan fingerprint density at radius 3 is 2.89 bits per heavy atom. The van der Waals surface area contributed by atoms with Crippen molar-refractivity contribution in [3.05, 3.63) is 29.8 Å². The average molecular weight is 264 g/mol. The molecule has 0 radical (unpaired) electrons. The number of ether oxygens (including phenoxy) is 1. The van der Waals surface area contributed by atoms with Crippen molar-refractivity contribution in [2.24, 2.45) is 0 Å². The molecule has 2 atom stereocenters. The second kappa shape index (κ2) is 5.35. The molecule has 5 heteroatoms. The monoisotopic (exact) mass is 264 g/mol. The maximum absolute atomic E-state index is 11.5. The zero-order chi connectivity index (χ0) is 13.1. The van der Waals surface area contributed by atoms with Crippen LogP contribution in [0.5, 0.6) is 0 Å². The molecule has 1 saturated heterocycles. The van der Waals surface area contributed by atoms with E-state index in [-0.39, 0.29) is 18.1 Å². The van der Waals surface area contributed by atoms with Crippen molar-refractivity contribution in [3.63, 3.8) is 0 Å². The van der Waals surface area contributed by atoms with Gasteiger partial charge in [-0.1, -0.05) is 12.1 Å². The van der Waals surface area contributed by atoms with Crippen LogP contribution in [0, 0.1) is 6.92 Å². The Hall–Kier alpha value is -1.62. The summed E-state index contributed by atoms with van der Waals surface area (Å²) in [7, 11) is 0. The van der Waals surface area contributed by atoms with Crippen molar-refractivity contribution in [2.45, 2.75) is 32.4 Å². The van der Waals surface area contributed by atoms with Crippen molar-refractivity contribution >= 4 is 29.0 Å². The van der Waals surface area contributed by atoms with E-state index in [9.17, 15) is 4.79 Å². The molecule has 0 unspecified atom stereocenters. The number of esters is 1. The summed E-state index contributed by atoms with van der Waals surface area (Å²) >= 11 is 5.18. The molecule has 1 aliphatic rings. The van der Waals surface area contributed by atoms with Gasteiger partial charge in [-0.15, -0.1) is 0 Å². The Labute approximate surface area is 112 Å². The molecular formula is C13H16N2O2S. The first-order valence-electron chi connectivity index (χ1n) is 5.89.